The van der Waals surface area contributed by atoms with Crippen molar-refractivity contribution in [2.75, 3.05) is 26.7 Å². The van der Waals surface area contributed by atoms with Gasteiger partial charge in [-0.3, -0.25) is 9.67 Å². The Hall–Kier alpha value is -1.84. The molecule has 1 saturated heterocycles. The standard InChI is InChI=1S/C20H30N6O.HI/c1-6-21-20(23-11-18-15(3)19(27-5)14(2)9-22-18)26-8-7-16(13-26)17-10-24-25(4)12-17;/h9-10,12,16H,6-8,11,13H2,1-5H3,(H,21,23);1H. The fourth-order valence-electron chi connectivity index (χ4n) is 3.68. The molecule has 0 saturated carbocycles. The number of aryl methyl sites for hydroxylation is 2. The monoisotopic (exact) mass is 498 g/mol. The zero-order valence-electron chi connectivity index (χ0n) is 17.4. The second-order valence-corrected chi connectivity index (χ2v) is 7.10. The summed E-state index contributed by atoms with van der Waals surface area (Å²) in [6, 6.07) is 0. The summed E-state index contributed by atoms with van der Waals surface area (Å²) in [5, 5.41) is 7.74. The Morgan fingerprint density at radius 3 is 2.79 bits per heavy atom. The Morgan fingerprint density at radius 2 is 2.14 bits per heavy atom. The molecule has 0 bridgehead atoms. The number of aliphatic imine (C=N–C) groups is 1. The smallest absolute Gasteiger partial charge is 0.194 e. The van der Waals surface area contributed by atoms with Crippen molar-refractivity contribution < 1.29 is 4.74 Å². The van der Waals surface area contributed by atoms with Crippen molar-refractivity contribution in [1.82, 2.24) is 25.0 Å². The summed E-state index contributed by atoms with van der Waals surface area (Å²) in [6.45, 7) is 9.50. The predicted molar refractivity (Wildman–Crippen MR) is 123 cm³/mol. The Balaban J connectivity index is 0.00000280. The lowest BCUT2D eigenvalue weighted by Gasteiger charge is -2.21. The number of aromatic nitrogens is 3. The number of rotatable bonds is 5. The number of hydrogen-bond acceptors (Lipinski definition) is 4. The summed E-state index contributed by atoms with van der Waals surface area (Å²) in [5.41, 5.74) is 4.37. The highest BCUT2D eigenvalue weighted by Crippen LogP contribution is 2.27. The maximum absolute atomic E-state index is 5.51. The summed E-state index contributed by atoms with van der Waals surface area (Å²) < 4.78 is 7.38. The van der Waals surface area contributed by atoms with Gasteiger partial charge >= 0.3 is 0 Å². The molecule has 0 aliphatic carbocycles. The molecule has 0 radical (unpaired) electrons. The molecule has 7 nitrogen and oxygen atoms in total. The topological polar surface area (TPSA) is 67.6 Å². The van der Waals surface area contributed by atoms with Crippen LogP contribution >= 0.6 is 24.0 Å². The zero-order chi connectivity index (χ0) is 19.4. The Kier molecular flexibility index (Phi) is 8.09. The van der Waals surface area contributed by atoms with Gasteiger partial charge in [0.15, 0.2) is 5.96 Å². The molecule has 2 aromatic heterocycles. The van der Waals surface area contributed by atoms with E-state index < -0.39 is 0 Å². The van der Waals surface area contributed by atoms with Gasteiger partial charge in [0.1, 0.15) is 5.75 Å². The fourth-order valence-corrected chi connectivity index (χ4v) is 3.68. The van der Waals surface area contributed by atoms with Crippen LogP contribution in [0.4, 0.5) is 0 Å². The first kappa shape index (κ1) is 22.4. The van der Waals surface area contributed by atoms with E-state index in [1.165, 1.54) is 5.56 Å². The molecule has 0 aromatic carbocycles. The van der Waals surface area contributed by atoms with Crippen molar-refractivity contribution in [3.63, 3.8) is 0 Å². The number of likely N-dealkylation sites (tertiary alicyclic amines) is 1. The number of hydrogen-bond donors (Lipinski definition) is 1. The third-order valence-electron chi connectivity index (χ3n) is 5.15. The minimum absolute atomic E-state index is 0. The number of guanidine groups is 1. The van der Waals surface area contributed by atoms with Gasteiger partial charge < -0.3 is 15.0 Å². The quantitative estimate of drug-likeness (QED) is 0.390. The third-order valence-corrected chi connectivity index (χ3v) is 5.15. The molecule has 3 heterocycles. The SMILES string of the molecule is CCNC(=NCc1ncc(C)c(OC)c1C)N1CCC(c2cnn(C)c2)C1.I. The number of halogens is 1. The normalized spacial score (nSPS) is 16.8. The number of ether oxygens (including phenoxy) is 1. The molecule has 3 rings (SSSR count). The molecule has 28 heavy (non-hydrogen) atoms. The van der Waals surface area contributed by atoms with Crippen LogP contribution in [-0.4, -0.2) is 52.4 Å². The molecule has 1 N–H and O–H groups in total. The number of nitrogens with one attached hydrogen (secondary N) is 1. The van der Waals surface area contributed by atoms with E-state index >= 15 is 0 Å². The van der Waals surface area contributed by atoms with Crippen LogP contribution in [-0.2, 0) is 13.6 Å². The average molecular weight is 498 g/mol. The van der Waals surface area contributed by atoms with E-state index in [1.807, 2.05) is 38.0 Å². The van der Waals surface area contributed by atoms with Gasteiger partial charge in [0.25, 0.3) is 0 Å². The first-order chi connectivity index (χ1) is 13.0. The van der Waals surface area contributed by atoms with Crippen molar-refractivity contribution in [2.24, 2.45) is 12.0 Å². The summed E-state index contributed by atoms with van der Waals surface area (Å²) in [7, 11) is 3.67. The Labute approximate surface area is 184 Å². The lowest BCUT2D eigenvalue weighted by molar-refractivity contribution is 0.407. The maximum Gasteiger partial charge on any atom is 0.194 e. The van der Waals surface area contributed by atoms with Gasteiger partial charge in [0.2, 0.25) is 0 Å². The van der Waals surface area contributed by atoms with E-state index in [9.17, 15) is 0 Å². The molecular weight excluding hydrogens is 467 g/mol. The van der Waals surface area contributed by atoms with Crippen LogP contribution in [0.15, 0.2) is 23.6 Å². The van der Waals surface area contributed by atoms with Crippen molar-refractivity contribution in [2.45, 2.75) is 39.7 Å². The molecule has 2 aromatic rings. The number of pyridine rings is 1. The van der Waals surface area contributed by atoms with Gasteiger partial charge in [-0.2, -0.15) is 5.10 Å². The van der Waals surface area contributed by atoms with Crippen molar-refractivity contribution >= 4 is 29.9 Å². The number of nitrogens with zero attached hydrogens (tertiary/aromatic N) is 5. The first-order valence-electron chi connectivity index (χ1n) is 9.54. The van der Waals surface area contributed by atoms with Crippen LogP contribution in [0.3, 0.4) is 0 Å². The van der Waals surface area contributed by atoms with Crippen molar-refractivity contribution in [3.05, 3.63) is 41.0 Å². The lowest BCUT2D eigenvalue weighted by atomic mass is 10.0. The summed E-state index contributed by atoms with van der Waals surface area (Å²) in [6.07, 6.45) is 7.07. The van der Waals surface area contributed by atoms with Crippen molar-refractivity contribution in [3.8, 4) is 5.75 Å². The maximum atomic E-state index is 5.51. The van der Waals surface area contributed by atoms with E-state index in [1.54, 1.807) is 7.11 Å². The Bertz CT molecular complexity index is 819. The van der Waals surface area contributed by atoms with Gasteiger partial charge in [-0.25, -0.2) is 4.99 Å². The minimum atomic E-state index is 0. The molecule has 0 spiro atoms. The van der Waals surface area contributed by atoms with E-state index in [0.29, 0.717) is 12.5 Å². The minimum Gasteiger partial charge on any atom is -0.496 e. The molecular formula is C20H31IN6O. The second-order valence-electron chi connectivity index (χ2n) is 7.10. The third kappa shape index (κ3) is 4.95. The highest BCUT2D eigenvalue weighted by atomic mass is 127. The van der Waals surface area contributed by atoms with E-state index in [0.717, 1.165) is 54.6 Å². The van der Waals surface area contributed by atoms with E-state index in [-0.39, 0.29) is 24.0 Å². The molecule has 1 atom stereocenters. The lowest BCUT2D eigenvalue weighted by Crippen LogP contribution is -2.40. The molecule has 1 aliphatic heterocycles. The second kappa shape index (κ2) is 10.1. The van der Waals surface area contributed by atoms with Crippen LogP contribution in [0, 0.1) is 13.8 Å². The van der Waals surface area contributed by atoms with Gasteiger partial charge in [0.05, 0.1) is 25.5 Å². The summed E-state index contributed by atoms with van der Waals surface area (Å²) in [5.74, 6) is 2.35. The molecule has 8 heteroatoms. The Morgan fingerprint density at radius 1 is 1.36 bits per heavy atom. The van der Waals surface area contributed by atoms with E-state index in [4.69, 9.17) is 9.73 Å². The zero-order valence-corrected chi connectivity index (χ0v) is 19.7. The first-order valence-corrected chi connectivity index (χ1v) is 9.54. The summed E-state index contributed by atoms with van der Waals surface area (Å²) in [4.78, 5) is 11.8. The van der Waals surface area contributed by atoms with E-state index in [2.05, 4.69) is 33.4 Å². The largest absolute Gasteiger partial charge is 0.496 e. The van der Waals surface area contributed by atoms with Crippen molar-refractivity contribution in [1.29, 1.82) is 0 Å². The predicted octanol–water partition coefficient (Wildman–Crippen LogP) is 3.01. The van der Waals surface area contributed by atoms with Gasteiger partial charge in [0, 0.05) is 56.1 Å². The molecule has 1 aliphatic rings. The highest BCUT2D eigenvalue weighted by molar-refractivity contribution is 14.0. The van der Waals surface area contributed by atoms with Crippen LogP contribution in [0.1, 0.15) is 41.6 Å². The summed E-state index contributed by atoms with van der Waals surface area (Å²) >= 11 is 0. The molecule has 1 fully saturated rings. The van der Waals surface area contributed by atoms with Gasteiger partial charge in [-0.05, 0) is 32.8 Å². The molecule has 154 valence electrons. The molecule has 0 amide bonds. The highest BCUT2D eigenvalue weighted by Gasteiger charge is 2.27. The average Bonchev–Trinajstić information content (AvgIpc) is 3.29. The van der Waals surface area contributed by atoms with Crippen LogP contribution in [0.5, 0.6) is 5.75 Å². The van der Waals surface area contributed by atoms with Gasteiger partial charge in [-0.1, -0.05) is 0 Å². The fraction of sp³-hybridized carbons (Fsp3) is 0.550. The van der Waals surface area contributed by atoms with Gasteiger partial charge in [-0.15, -0.1) is 24.0 Å². The van der Waals surface area contributed by atoms with Crippen LogP contribution in [0.2, 0.25) is 0 Å². The number of methoxy groups -OCH3 is 1. The van der Waals surface area contributed by atoms with Crippen LogP contribution < -0.4 is 10.1 Å². The molecule has 1 unspecified atom stereocenters. The van der Waals surface area contributed by atoms with Crippen LogP contribution in [0.25, 0.3) is 0 Å².